The number of amides is 2. The molecular formula is C37H51N8O10-. The number of rotatable bonds is 19. The number of aliphatic hydroxyl groups is 2. The third-order valence-corrected chi connectivity index (χ3v) is 9.38. The molecule has 1 heterocycles. The van der Waals surface area contributed by atoms with Gasteiger partial charge in [0, 0.05) is 37.8 Å². The molecule has 2 amide bonds. The van der Waals surface area contributed by atoms with Gasteiger partial charge in [0.1, 0.15) is 17.8 Å². The number of carbonyl (C=O) groups is 3. The first-order valence-electron chi connectivity index (χ1n) is 18.2. The number of nitro groups is 2. The topological polar surface area (TPSA) is 280 Å². The highest BCUT2D eigenvalue weighted by atomic mass is 16.6. The Labute approximate surface area is 318 Å². The lowest BCUT2D eigenvalue weighted by molar-refractivity contribution is -0.394. The quantitative estimate of drug-likeness (QED) is 0.0757. The Morgan fingerprint density at radius 3 is 2.33 bits per heavy atom. The van der Waals surface area contributed by atoms with Crippen LogP contribution >= 0.6 is 0 Å². The van der Waals surface area contributed by atoms with E-state index in [1.54, 1.807) is 37.3 Å². The van der Waals surface area contributed by atoms with Gasteiger partial charge in [0.25, 0.3) is 11.4 Å². The minimum atomic E-state index is -1.47. The molecule has 0 bridgehead atoms. The Balaban J connectivity index is 0.000000486. The SMILES string of the molecule is CC[C@](C)(N)C(=O)N[C@@H](Cc1ccccc1)C(=O)N[C@@H](Cc1cn(-c2ccc([N+](=O)[O-])cc2[N+](=O)[O-])cn1)C(=O)O.OCC[C@H](O)C[N-]CC1CCCCC1. The lowest BCUT2D eigenvalue weighted by Crippen LogP contribution is -2.59. The Bertz CT molecular complexity index is 1730. The number of imidazole rings is 1. The van der Waals surface area contributed by atoms with E-state index in [0.29, 0.717) is 19.4 Å². The van der Waals surface area contributed by atoms with Crippen LogP contribution in [0.1, 0.15) is 70.1 Å². The maximum absolute atomic E-state index is 13.3. The van der Waals surface area contributed by atoms with Crippen molar-refractivity contribution in [3.8, 4) is 5.69 Å². The molecule has 0 aliphatic heterocycles. The molecular weight excluding hydrogens is 716 g/mol. The van der Waals surface area contributed by atoms with E-state index in [1.165, 1.54) is 62.2 Å². The van der Waals surface area contributed by atoms with Gasteiger partial charge in [0.05, 0.1) is 33.5 Å². The first-order chi connectivity index (χ1) is 26.1. The highest BCUT2D eigenvalue weighted by molar-refractivity contribution is 5.93. The number of non-ortho nitro benzene ring substituents is 1. The Hall–Kier alpha value is -5.30. The number of nitro benzene ring substituents is 2. The lowest BCUT2D eigenvalue weighted by atomic mass is 9.89. The molecule has 0 unspecified atom stereocenters. The summed E-state index contributed by atoms with van der Waals surface area (Å²) < 4.78 is 1.23. The zero-order valence-corrected chi connectivity index (χ0v) is 31.1. The number of aliphatic hydroxyl groups excluding tert-OH is 2. The average Bonchev–Trinajstić information content (AvgIpc) is 3.63. The summed E-state index contributed by atoms with van der Waals surface area (Å²) in [7, 11) is 0. The van der Waals surface area contributed by atoms with Gasteiger partial charge < -0.3 is 37.0 Å². The molecule has 300 valence electrons. The number of carbonyl (C=O) groups excluding carboxylic acids is 2. The highest BCUT2D eigenvalue weighted by Crippen LogP contribution is 2.28. The van der Waals surface area contributed by atoms with Crippen LogP contribution in [0.3, 0.4) is 0 Å². The number of nitrogens with zero attached hydrogens (tertiary/aromatic N) is 5. The van der Waals surface area contributed by atoms with Crippen molar-refractivity contribution < 1.29 is 39.5 Å². The highest BCUT2D eigenvalue weighted by Gasteiger charge is 2.33. The van der Waals surface area contributed by atoms with Crippen LogP contribution in [0.4, 0.5) is 11.4 Å². The van der Waals surface area contributed by atoms with Gasteiger partial charge in [0.2, 0.25) is 11.8 Å². The molecule has 4 rings (SSSR count). The van der Waals surface area contributed by atoms with Crippen LogP contribution in [0.15, 0.2) is 61.1 Å². The maximum Gasteiger partial charge on any atom is 0.326 e. The first-order valence-corrected chi connectivity index (χ1v) is 18.2. The van der Waals surface area contributed by atoms with Crippen LogP contribution in [0.25, 0.3) is 11.0 Å². The van der Waals surface area contributed by atoms with E-state index in [9.17, 15) is 44.8 Å². The molecule has 0 saturated heterocycles. The van der Waals surface area contributed by atoms with Crippen molar-refractivity contribution in [3.63, 3.8) is 0 Å². The van der Waals surface area contributed by atoms with Crippen molar-refractivity contribution in [2.75, 3.05) is 19.7 Å². The van der Waals surface area contributed by atoms with Crippen molar-refractivity contribution in [1.82, 2.24) is 20.2 Å². The van der Waals surface area contributed by atoms with Crippen LogP contribution in [-0.2, 0) is 27.2 Å². The number of aromatic nitrogens is 2. The number of carboxylic acids is 1. The average molecular weight is 768 g/mol. The lowest BCUT2D eigenvalue weighted by Gasteiger charge is -2.30. The van der Waals surface area contributed by atoms with Crippen LogP contribution in [-0.4, -0.2) is 95.9 Å². The fourth-order valence-electron chi connectivity index (χ4n) is 5.83. The molecule has 4 atom stereocenters. The summed E-state index contributed by atoms with van der Waals surface area (Å²) in [6, 6.07) is 9.29. The van der Waals surface area contributed by atoms with Crippen molar-refractivity contribution in [2.24, 2.45) is 11.7 Å². The van der Waals surface area contributed by atoms with Gasteiger partial charge in [-0.15, -0.1) is 13.1 Å². The summed E-state index contributed by atoms with van der Waals surface area (Å²) in [5, 5.41) is 59.7. The molecule has 0 spiro atoms. The summed E-state index contributed by atoms with van der Waals surface area (Å²) in [5.41, 5.74) is 4.61. The summed E-state index contributed by atoms with van der Waals surface area (Å²) in [6.07, 6.45) is 9.27. The molecule has 1 fully saturated rings. The molecule has 3 aromatic rings. The standard InChI is InChI=1S/C26H29N7O8.C11H22NO2/c1-3-26(2,27)25(37)30-19(11-16-7-5-4-6-8-16)23(34)29-20(24(35)36)12-17-14-31(15-28-17)21-10-9-18(32(38)39)13-22(21)33(40)41;13-7-6-11(14)9-12-8-10-4-2-1-3-5-10/h4-10,13-15,19-20H,3,11-12,27H2,1-2H3,(H,29,34)(H,30,37)(H,35,36);10-11,13-14H,1-9H2/q;-1/t19-,20-,26-;11-/m00/s1. The summed E-state index contributed by atoms with van der Waals surface area (Å²) >= 11 is 0. The Morgan fingerprint density at radius 2 is 1.73 bits per heavy atom. The molecule has 0 radical (unpaired) electrons. The van der Waals surface area contributed by atoms with Gasteiger partial charge in [-0.2, -0.15) is 0 Å². The van der Waals surface area contributed by atoms with E-state index in [2.05, 4.69) is 20.9 Å². The van der Waals surface area contributed by atoms with Crippen LogP contribution in [0.5, 0.6) is 0 Å². The molecule has 7 N–H and O–H groups in total. The zero-order valence-electron chi connectivity index (χ0n) is 31.1. The number of hydrogen-bond donors (Lipinski definition) is 6. The van der Waals surface area contributed by atoms with E-state index in [1.807, 2.05) is 0 Å². The van der Waals surface area contributed by atoms with Crippen LogP contribution < -0.4 is 16.4 Å². The fourth-order valence-corrected chi connectivity index (χ4v) is 5.83. The number of aliphatic carboxylic acids is 1. The molecule has 1 saturated carbocycles. The van der Waals surface area contributed by atoms with Gasteiger partial charge in [-0.25, -0.2) is 9.78 Å². The number of carboxylic acid groups (broad SMARTS) is 1. The number of hydrogen-bond acceptors (Lipinski definition) is 11. The largest absolute Gasteiger partial charge is 0.660 e. The predicted octanol–water partition coefficient (Wildman–Crippen LogP) is 3.34. The van der Waals surface area contributed by atoms with Gasteiger partial charge in [0.15, 0.2) is 0 Å². The van der Waals surface area contributed by atoms with Gasteiger partial charge in [-0.1, -0.05) is 75.3 Å². The van der Waals surface area contributed by atoms with E-state index < -0.39 is 62.7 Å². The molecule has 18 nitrogen and oxygen atoms in total. The monoisotopic (exact) mass is 767 g/mol. The van der Waals surface area contributed by atoms with Crippen LogP contribution in [0.2, 0.25) is 0 Å². The van der Waals surface area contributed by atoms with E-state index >= 15 is 0 Å². The molecule has 55 heavy (non-hydrogen) atoms. The first kappa shape index (κ1) is 44.1. The van der Waals surface area contributed by atoms with E-state index in [4.69, 9.17) is 10.8 Å². The number of nitrogens with two attached hydrogens (primary N) is 1. The minimum absolute atomic E-state index is 0.0262. The third kappa shape index (κ3) is 14.1. The van der Waals surface area contributed by atoms with Gasteiger partial charge >= 0.3 is 5.97 Å². The molecule has 1 aromatic heterocycles. The Morgan fingerprint density at radius 1 is 1.04 bits per heavy atom. The van der Waals surface area contributed by atoms with Gasteiger partial charge in [-0.05, 0) is 31.4 Å². The van der Waals surface area contributed by atoms with E-state index in [0.717, 1.165) is 30.2 Å². The minimum Gasteiger partial charge on any atom is -0.660 e. The van der Waals surface area contributed by atoms with Gasteiger partial charge in [-0.3, -0.25) is 34.4 Å². The second kappa shape index (κ2) is 21.6. The smallest absolute Gasteiger partial charge is 0.326 e. The summed E-state index contributed by atoms with van der Waals surface area (Å²) in [6.45, 7) is 4.70. The normalized spacial score (nSPS) is 15.7. The maximum atomic E-state index is 13.3. The Kier molecular flexibility index (Phi) is 17.3. The molecule has 1 aliphatic rings. The van der Waals surface area contributed by atoms with Crippen molar-refractivity contribution in [2.45, 2.75) is 95.4 Å². The van der Waals surface area contributed by atoms with Crippen molar-refractivity contribution in [1.29, 1.82) is 0 Å². The fraction of sp³-hybridized carbons (Fsp3) is 0.514. The predicted molar refractivity (Wildman–Crippen MR) is 202 cm³/mol. The second-order valence-electron chi connectivity index (χ2n) is 13.8. The molecule has 18 heteroatoms. The molecule has 1 aliphatic carbocycles. The third-order valence-electron chi connectivity index (χ3n) is 9.38. The zero-order chi connectivity index (χ0) is 40.5. The van der Waals surface area contributed by atoms with Crippen molar-refractivity contribution in [3.05, 3.63) is 97.9 Å². The summed E-state index contributed by atoms with van der Waals surface area (Å²) in [4.78, 5) is 63.1. The second-order valence-corrected chi connectivity index (χ2v) is 13.8. The number of nitrogens with one attached hydrogen (secondary N) is 2. The van der Waals surface area contributed by atoms with Crippen molar-refractivity contribution >= 4 is 29.2 Å². The van der Waals surface area contributed by atoms with E-state index in [-0.39, 0.29) is 30.8 Å². The molecule has 2 aromatic carbocycles. The number of benzene rings is 2. The summed E-state index contributed by atoms with van der Waals surface area (Å²) in [5.74, 6) is -1.96. The van der Waals surface area contributed by atoms with Crippen LogP contribution in [0, 0.1) is 26.1 Å².